The number of nitriles is 1. The average Bonchev–Trinajstić information content (AvgIpc) is 2.71. The number of nitrogens with one attached hydrogen (secondary N) is 1. The number of hydrogen-bond acceptors (Lipinski definition) is 4. The number of hydrogen-bond donors (Lipinski definition) is 2. The lowest BCUT2D eigenvalue weighted by Gasteiger charge is -2.01. The Morgan fingerprint density at radius 3 is 2.93 bits per heavy atom. The monoisotopic (exact) mass is 216 g/mol. The van der Waals surface area contributed by atoms with E-state index >= 15 is 0 Å². The van der Waals surface area contributed by atoms with Crippen LogP contribution in [-0.4, -0.2) is 9.97 Å². The van der Waals surface area contributed by atoms with Gasteiger partial charge in [0.15, 0.2) is 5.16 Å². The fourth-order valence-electron chi connectivity index (χ4n) is 1.12. The first-order valence-electron chi connectivity index (χ1n) is 4.26. The van der Waals surface area contributed by atoms with Crippen molar-refractivity contribution in [3.63, 3.8) is 0 Å². The van der Waals surface area contributed by atoms with E-state index in [9.17, 15) is 0 Å². The molecule has 74 valence electrons. The number of aromatic amines is 1. The first-order chi connectivity index (χ1) is 7.29. The first kappa shape index (κ1) is 9.62. The van der Waals surface area contributed by atoms with Crippen molar-refractivity contribution < 1.29 is 0 Å². The summed E-state index contributed by atoms with van der Waals surface area (Å²) < 4.78 is 0. The van der Waals surface area contributed by atoms with Crippen LogP contribution >= 0.6 is 11.8 Å². The molecule has 0 saturated heterocycles. The topological polar surface area (TPSA) is 78.5 Å². The second-order valence-electron chi connectivity index (χ2n) is 2.86. The summed E-state index contributed by atoms with van der Waals surface area (Å²) in [6.07, 6.45) is 3.45. The normalized spacial score (nSPS) is 9.80. The van der Waals surface area contributed by atoms with E-state index in [-0.39, 0.29) is 0 Å². The average molecular weight is 216 g/mol. The van der Waals surface area contributed by atoms with E-state index in [0.29, 0.717) is 11.3 Å². The number of nitrogen functional groups attached to an aromatic ring is 1. The minimum atomic E-state index is 0.494. The van der Waals surface area contributed by atoms with Crippen molar-refractivity contribution in [2.75, 3.05) is 5.73 Å². The van der Waals surface area contributed by atoms with Crippen LogP contribution in [0.5, 0.6) is 0 Å². The highest BCUT2D eigenvalue weighted by atomic mass is 32.2. The van der Waals surface area contributed by atoms with Crippen molar-refractivity contribution in [2.45, 2.75) is 10.1 Å². The smallest absolute Gasteiger partial charge is 0.170 e. The van der Waals surface area contributed by atoms with Crippen LogP contribution in [0, 0.1) is 11.3 Å². The minimum Gasteiger partial charge on any atom is -0.398 e. The zero-order valence-corrected chi connectivity index (χ0v) is 8.58. The zero-order chi connectivity index (χ0) is 10.7. The summed E-state index contributed by atoms with van der Waals surface area (Å²) in [6, 6.07) is 7.35. The van der Waals surface area contributed by atoms with E-state index < -0.39 is 0 Å². The molecule has 0 radical (unpaired) electrons. The van der Waals surface area contributed by atoms with Crippen LogP contribution in [0.2, 0.25) is 0 Å². The highest BCUT2D eigenvalue weighted by Crippen LogP contribution is 2.27. The highest BCUT2D eigenvalue weighted by molar-refractivity contribution is 7.99. The SMILES string of the molecule is N#Cc1ccc(Sc2ncc[nH]2)cc1N. The van der Waals surface area contributed by atoms with Gasteiger partial charge in [-0.05, 0) is 18.2 Å². The standard InChI is InChI=1S/C10H8N4S/c11-6-7-1-2-8(5-9(7)12)15-10-13-3-4-14-10/h1-5H,12H2,(H,13,14). The molecule has 0 bridgehead atoms. The van der Waals surface area contributed by atoms with Crippen molar-refractivity contribution in [3.8, 4) is 6.07 Å². The van der Waals surface area contributed by atoms with Gasteiger partial charge in [0.2, 0.25) is 0 Å². The molecule has 4 nitrogen and oxygen atoms in total. The molecular formula is C10H8N4S. The molecule has 3 N–H and O–H groups in total. The van der Waals surface area contributed by atoms with Crippen LogP contribution in [0.3, 0.4) is 0 Å². The van der Waals surface area contributed by atoms with Gasteiger partial charge >= 0.3 is 0 Å². The number of nitrogens with zero attached hydrogens (tertiary/aromatic N) is 2. The lowest BCUT2D eigenvalue weighted by molar-refractivity contribution is 1.06. The third kappa shape index (κ3) is 2.11. The van der Waals surface area contributed by atoms with E-state index in [1.165, 1.54) is 11.8 Å². The van der Waals surface area contributed by atoms with E-state index in [2.05, 4.69) is 9.97 Å². The second-order valence-corrected chi connectivity index (χ2v) is 3.92. The molecule has 2 rings (SSSR count). The van der Waals surface area contributed by atoms with Crippen LogP contribution in [0.15, 0.2) is 40.6 Å². The maximum atomic E-state index is 8.71. The molecule has 15 heavy (non-hydrogen) atoms. The Balaban J connectivity index is 2.24. The Morgan fingerprint density at radius 2 is 2.33 bits per heavy atom. The van der Waals surface area contributed by atoms with Crippen LogP contribution < -0.4 is 5.73 Å². The maximum absolute atomic E-state index is 8.71. The Labute approximate surface area is 91.1 Å². The van der Waals surface area contributed by atoms with E-state index in [4.69, 9.17) is 11.0 Å². The second kappa shape index (κ2) is 4.07. The van der Waals surface area contributed by atoms with E-state index in [1.54, 1.807) is 24.5 Å². The van der Waals surface area contributed by atoms with Gasteiger partial charge in [0, 0.05) is 17.3 Å². The number of imidazole rings is 1. The van der Waals surface area contributed by atoms with Gasteiger partial charge in [0.1, 0.15) is 6.07 Å². The first-order valence-corrected chi connectivity index (χ1v) is 5.08. The quantitative estimate of drug-likeness (QED) is 0.753. The van der Waals surface area contributed by atoms with Gasteiger partial charge in [-0.15, -0.1) is 0 Å². The van der Waals surface area contributed by atoms with Gasteiger partial charge < -0.3 is 10.7 Å². The number of aromatic nitrogens is 2. The predicted octanol–water partition coefficient (Wildman–Crippen LogP) is 2.01. The number of benzene rings is 1. The van der Waals surface area contributed by atoms with Gasteiger partial charge in [-0.1, -0.05) is 11.8 Å². The fourth-order valence-corrected chi connectivity index (χ4v) is 1.91. The number of anilines is 1. The number of rotatable bonds is 2. The minimum absolute atomic E-state index is 0.494. The van der Waals surface area contributed by atoms with Crippen molar-refractivity contribution in [1.82, 2.24) is 9.97 Å². The molecular weight excluding hydrogens is 208 g/mol. The molecule has 0 amide bonds. The van der Waals surface area contributed by atoms with Gasteiger partial charge in [0.25, 0.3) is 0 Å². The molecule has 1 aromatic carbocycles. The summed E-state index contributed by atoms with van der Waals surface area (Å²) in [6.45, 7) is 0. The summed E-state index contributed by atoms with van der Waals surface area (Å²) in [5.41, 5.74) is 6.69. The predicted molar refractivity (Wildman–Crippen MR) is 58.3 cm³/mol. The summed E-state index contributed by atoms with van der Waals surface area (Å²) in [7, 11) is 0. The molecule has 0 aliphatic rings. The van der Waals surface area contributed by atoms with Crippen molar-refractivity contribution in [2.24, 2.45) is 0 Å². The molecule has 0 fully saturated rings. The fraction of sp³-hybridized carbons (Fsp3) is 0. The van der Waals surface area contributed by atoms with Crippen molar-refractivity contribution >= 4 is 17.4 Å². The highest BCUT2D eigenvalue weighted by Gasteiger charge is 2.02. The molecule has 0 spiro atoms. The van der Waals surface area contributed by atoms with Gasteiger partial charge in [-0.3, -0.25) is 0 Å². The van der Waals surface area contributed by atoms with Crippen LogP contribution in [-0.2, 0) is 0 Å². The van der Waals surface area contributed by atoms with Crippen molar-refractivity contribution in [3.05, 3.63) is 36.2 Å². The third-order valence-corrected chi connectivity index (χ3v) is 2.74. The maximum Gasteiger partial charge on any atom is 0.170 e. The number of nitrogens with two attached hydrogens (primary N) is 1. The molecule has 2 aromatic rings. The lowest BCUT2D eigenvalue weighted by Crippen LogP contribution is -1.90. The molecule has 1 aromatic heterocycles. The Hall–Kier alpha value is -1.93. The van der Waals surface area contributed by atoms with E-state index in [1.807, 2.05) is 12.1 Å². The molecule has 0 unspecified atom stereocenters. The molecule has 0 aliphatic heterocycles. The third-order valence-electron chi connectivity index (χ3n) is 1.83. The van der Waals surface area contributed by atoms with Gasteiger partial charge in [-0.2, -0.15) is 5.26 Å². The van der Waals surface area contributed by atoms with Gasteiger partial charge in [-0.25, -0.2) is 4.98 Å². The summed E-state index contributed by atoms with van der Waals surface area (Å²) in [4.78, 5) is 8.02. The van der Waals surface area contributed by atoms with Crippen molar-refractivity contribution in [1.29, 1.82) is 5.26 Å². The molecule has 0 saturated carbocycles. The number of H-pyrrole nitrogens is 1. The van der Waals surface area contributed by atoms with Crippen LogP contribution in [0.25, 0.3) is 0 Å². The summed E-state index contributed by atoms with van der Waals surface area (Å²) in [5.74, 6) is 0. The molecule has 5 heteroatoms. The zero-order valence-electron chi connectivity index (χ0n) is 7.77. The van der Waals surface area contributed by atoms with Crippen LogP contribution in [0.4, 0.5) is 5.69 Å². The largest absolute Gasteiger partial charge is 0.398 e. The molecule has 0 aliphatic carbocycles. The Bertz CT molecular complexity index is 499. The van der Waals surface area contributed by atoms with Gasteiger partial charge in [0.05, 0.1) is 11.3 Å². The summed E-state index contributed by atoms with van der Waals surface area (Å²) >= 11 is 1.47. The lowest BCUT2D eigenvalue weighted by atomic mass is 10.2. The molecule has 1 heterocycles. The van der Waals surface area contributed by atoms with E-state index in [0.717, 1.165) is 10.1 Å². The Kier molecular flexibility index (Phi) is 2.61. The Morgan fingerprint density at radius 1 is 1.47 bits per heavy atom. The van der Waals surface area contributed by atoms with Crippen LogP contribution in [0.1, 0.15) is 5.56 Å². The summed E-state index contributed by atoms with van der Waals surface area (Å²) in [5, 5.41) is 9.52. The molecule has 0 atom stereocenters.